The second-order valence-electron chi connectivity index (χ2n) is 19.2. The third-order valence-electron chi connectivity index (χ3n) is 12.4. The van der Waals surface area contributed by atoms with Gasteiger partial charge in [-0.15, -0.1) is 0 Å². The average molecular weight is 974 g/mol. The molecule has 0 aliphatic rings. The lowest BCUT2D eigenvalue weighted by atomic mass is 10.0. The molecule has 0 aromatic carbocycles. The summed E-state index contributed by atoms with van der Waals surface area (Å²) < 4.78 is 16.8. The molecule has 0 bridgehead atoms. The first kappa shape index (κ1) is 66.3. The van der Waals surface area contributed by atoms with Gasteiger partial charge in [0.2, 0.25) is 0 Å². The second kappa shape index (κ2) is 57.9. The van der Waals surface area contributed by atoms with E-state index in [1.165, 1.54) is 135 Å². The number of carbonyl (C=O) groups is 3. The lowest BCUT2D eigenvalue weighted by Crippen LogP contribution is -2.30. The van der Waals surface area contributed by atoms with Crippen molar-refractivity contribution in [2.24, 2.45) is 0 Å². The smallest absolute Gasteiger partial charge is 0.309 e. The fourth-order valence-corrected chi connectivity index (χ4v) is 7.99. The average Bonchev–Trinajstić information content (AvgIpc) is 3.36. The molecule has 0 aliphatic heterocycles. The van der Waals surface area contributed by atoms with Crippen molar-refractivity contribution in [2.45, 2.75) is 277 Å². The molecule has 0 heterocycles. The van der Waals surface area contributed by atoms with Crippen LogP contribution in [0.25, 0.3) is 0 Å². The van der Waals surface area contributed by atoms with Crippen LogP contribution in [0.1, 0.15) is 271 Å². The fraction of sp³-hybridized carbons (Fsp3) is 0.703. The van der Waals surface area contributed by atoms with Gasteiger partial charge in [0, 0.05) is 12.8 Å². The van der Waals surface area contributed by atoms with Crippen LogP contribution in [0.3, 0.4) is 0 Å². The Morgan fingerprint density at radius 3 is 1.00 bits per heavy atom. The van der Waals surface area contributed by atoms with Gasteiger partial charge in [-0.25, -0.2) is 0 Å². The van der Waals surface area contributed by atoms with Crippen LogP contribution in [0.4, 0.5) is 0 Å². The first-order valence-corrected chi connectivity index (χ1v) is 29.2. The zero-order valence-corrected chi connectivity index (χ0v) is 45.8. The molecule has 0 aromatic heterocycles. The van der Waals surface area contributed by atoms with Gasteiger partial charge in [0.1, 0.15) is 13.2 Å². The number of allylic oxidation sites excluding steroid dienone is 15. The highest BCUT2D eigenvalue weighted by Gasteiger charge is 2.19. The minimum absolute atomic E-state index is 0.113. The Balaban J connectivity index is 4.48. The van der Waals surface area contributed by atoms with Crippen LogP contribution >= 0.6 is 0 Å². The van der Waals surface area contributed by atoms with Gasteiger partial charge in [-0.3, -0.25) is 14.4 Å². The Labute approximate surface area is 432 Å². The first-order valence-electron chi connectivity index (χ1n) is 29.2. The molecule has 6 heteroatoms. The van der Waals surface area contributed by atoms with Crippen molar-refractivity contribution in [2.75, 3.05) is 13.2 Å². The minimum Gasteiger partial charge on any atom is -0.462 e. The van der Waals surface area contributed by atoms with E-state index in [0.717, 1.165) is 96.3 Å². The molecule has 0 aliphatic carbocycles. The molecule has 0 saturated heterocycles. The van der Waals surface area contributed by atoms with Crippen LogP contribution in [-0.2, 0) is 28.6 Å². The SMILES string of the molecule is CC/C=C\C/C=C\C/C=C\C/C=C\C/C=C\CC(=O)OCC(COC(=O)CCCCCCCC/C=C\C/C=C\C/C=C\CCCCCCC)OC(=O)CCCCCCCCCCCCCCCCCC. The van der Waals surface area contributed by atoms with Crippen molar-refractivity contribution in [3.8, 4) is 0 Å². The van der Waals surface area contributed by atoms with Crippen molar-refractivity contribution < 1.29 is 28.6 Å². The molecule has 0 saturated carbocycles. The Hall–Kier alpha value is -3.67. The number of hydrogen-bond donors (Lipinski definition) is 0. The number of esters is 3. The highest BCUT2D eigenvalue weighted by atomic mass is 16.6. The molecule has 1 unspecified atom stereocenters. The predicted octanol–water partition coefficient (Wildman–Crippen LogP) is 19.7. The first-order chi connectivity index (χ1) is 34.5. The van der Waals surface area contributed by atoms with Gasteiger partial charge in [-0.2, -0.15) is 0 Å². The molecule has 0 radical (unpaired) electrons. The summed E-state index contributed by atoms with van der Waals surface area (Å²) in [6.07, 6.45) is 77.1. The number of carbonyl (C=O) groups excluding carboxylic acids is 3. The molecule has 1 atom stereocenters. The van der Waals surface area contributed by atoms with E-state index in [-0.39, 0.29) is 31.6 Å². The monoisotopic (exact) mass is 973 g/mol. The maximum Gasteiger partial charge on any atom is 0.309 e. The summed E-state index contributed by atoms with van der Waals surface area (Å²) in [5, 5.41) is 0. The van der Waals surface area contributed by atoms with Gasteiger partial charge in [0.25, 0.3) is 0 Å². The summed E-state index contributed by atoms with van der Waals surface area (Å²) >= 11 is 0. The molecular formula is C64H108O6. The summed E-state index contributed by atoms with van der Waals surface area (Å²) in [6.45, 7) is 6.43. The second-order valence-corrected chi connectivity index (χ2v) is 19.2. The topological polar surface area (TPSA) is 78.9 Å². The summed E-state index contributed by atoms with van der Waals surface area (Å²) in [5.41, 5.74) is 0. The van der Waals surface area contributed by atoms with E-state index in [2.05, 4.69) is 106 Å². The highest BCUT2D eigenvalue weighted by molar-refractivity contribution is 5.72. The Morgan fingerprint density at radius 1 is 0.314 bits per heavy atom. The molecule has 400 valence electrons. The summed E-state index contributed by atoms with van der Waals surface area (Å²) in [6, 6.07) is 0. The van der Waals surface area contributed by atoms with Crippen LogP contribution in [0.5, 0.6) is 0 Å². The third-order valence-corrected chi connectivity index (χ3v) is 12.4. The minimum atomic E-state index is -0.822. The normalized spacial score (nSPS) is 12.8. The fourth-order valence-electron chi connectivity index (χ4n) is 7.99. The van der Waals surface area contributed by atoms with Crippen LogP contribution in [0, 0.1) is 0 Å². The molecule has 0 fully saturated rings. The molecule has 0 amide bonds. The summed E-state index contributed by atoms with van der Waals surface area (Å²) in [5.74, 6) is -1.05. The molecule has 70 heavy (non-hydrogen) atoms. The van der Waals surface area contributed by atoms with Crippen LogP contribution in [-0.4, -0.2) is 37.2 Å². The zero-order valence-electron chi connectivity index (χ0n) is 45.8. The zero-order chi connectivity index (χ0) is 50.7. The third kappa shape index (κ3) is 55.3. The molecule has 0 rings (SSSR count). The van der Waals surface area contributed by atoms with Gasteiger partial charge in [0.05, 0.1) is 6.42 Å². The molecule has 0 aromatic rings. The molecule has 0 N–H and O–H groups in total. The van der Waals surface area contributed by atoms with E-state index in [0.29, 0.717) is 12.8 Å². The van der Waals surface area contributed by atoms with E-state index in [1.54, 1.807) is 6.08 Å². The number of rotatable bonds is 52. The van der Waals surface area contributed by atoms with Gasteiger partial charge in [-0.05, 0) is 83.5 Å². The number of unbranched alkanes of at least 4 members (excludes halogenated alkanes) is 26. The maximum atomic E-state index is 12.9. The van der Waals surface area contributed by atoms with E-state index in [1.807, 2.05) is 6.08 Å². The molecular weight excluding hydrogens is 865 g/mol. The van der Waals surface area contributed by atoms with Crippen LogP contribution in [0.2, 0.25) is 0 Å². The quantitative estimate of drug-likeness (QED) is 0.0262. The molecule has 6 nitrogen and oxygen atoms in total. The Kier molecular flexibility index (Phi) is 54.9. The summed E-state index contributed by atoms with van der Waals surface area (Å²) in [4.78, 5) is 38.1. The highest BCUT2D eigenvalue weighted by Crippen LogP contribution is 2.15. The van der Waals surface area contributed by atoms with Gasteiger partial charge >= 0.3 is 17.9 Å². The predicted molar refractivity (Wildman–Crippen MR) is 302 cm³/mol. The van der Waals surface area contributed by atoms with Crippen LogP contribution in [0.15, 0.2) is 97.2 Å². The van der Waals surface area contributed by atoms with E-state index in [9.17, 15) is 14.4 Å². The molecule has 0 spiro atoms. The lowest BCUT2D eigenvalue weighted by Gasteiger charge is -2.18. The Bertz CT molecular complexity index is 1400. The van der Waals surface area contributed by atoms with Crippen molar-refractivity contribution >= 4 is 17.9 Å². The standard InChI is InChI=1S/C64H108O6/c1-4-7-10-13-16-19-22-25-28-30-31-32-33-34-37-39-42-45-48-51-54-57-63(66)69-60-61(59-68-62(65)56-53-50-47-44-41-38-35-27-24-21-18-15-12-9-6-3)70-64(67)58-55-52-49-46-43-40-36-29-26-23-20-17-14-11-8-5-2/h9,12,18,21-22,25,27,30-31,33-35,41,44,50,53,61H,4-8,10-11,13-17,19-20,23-24,26,28-29,32,36-40,42-43,45-49,51-52,54-60H2,1-3H3/b12-9-,21-18-,25-22-,31-30-,34-33-,35-27-,44-41-,53-50-. The Morgan fingerprint density at radius 2 is 0.614 bits per heavy atom. The van der Waals surface area contributed by atoms with E-state index < -0.39 is 12.1 Å². The maximum absolute atomic E-state index is 12.9. The van der Waals surface area contributed by atoms with Crippen molar-refractivity contribution in [1.82, 2.24) is 0 Å². The number of hydrogen-bond acceptors (Lipinski definition) is 6. The van der Waals surface area contributed by atoms with Gasteiger partial charge in [-0.1, -0.05) is 266 Å². The van der Waals surface area contributed by atoms with Crippen LogP contribution < -0.4 is 0 Å². The van der Waals surface area contributed by atoms with Crippen molar-refractivity contribution in [1.29, 1.82) is 0 Å². The van der Waals surface area contributed by atoms with Crippen molar-refractivity contribution in [3.63, 3.8) is 0 Å². The van der Waals surface area contributed by atoms with Gasteiger partial charge in [0.15, 0.2) is 6.10 Å². The largest absolute Gasteiger partial charge is 0.462 e. The lowest BCUT2D eigenvalue weighted by molar-refractivity contribution is -0.166. The van der Waals surface area contributed by atoms with Crippen molar-refractivity contribution in [3.05, 3.63) is 97.2 Å². The van der Waals surface area contributed by atoms with E-state index >= 15 is 0 Å². The number of ether oxygens (including phenoxy) is 3. The summed E-state index contributed by atoms with van der Waals surface area (Å²) in [7, 11) is 0. The van der Waals surface area contributed by atoms with Gasteiger partial charge < -0.3 is 14.2 Å². The van der Waals surface area contributed by atoms with E-state index in [4.69, 9.17) is 14.2 Å².